The Morgan fingerprint density at radius 1 is 1.00 bits per heavy atom. The van der Waals surface area contributed by atoms with Gasteiger partial charge in [0.25, 0.3) is 0 Å². The third-order valence-corrected chi connectivity index (χ3v) is 0. The Morgan fingerprint density at radius 3 is 1.00 bits per heavy atom. The average molecular weight is 205 g/mol. The molecule has 0 aliphatic carbocycles. The zero-order chi connectivity index (χ0) is 9.00. The molecule has 0 aliphatic rings. The summed E-state index contributed by atoms with van der Waals surface area (Å²) in [6.07, 6.45) is 0. The topological polar surface area (TPSA) is 77.8 Å². The molecule has 0 unspecified atom stereocenters. The highest BCUT2D eigenvalue weighted by molar-refractivity contribution is 7.54. The normalized spacial score (nSPS) is 11.9. The van der Waals surface area contributed by atoms with Gasteiger partial charge in [-0.1, -0.05) is 0 Å². The van der Waals surface area contributed by atoms with Gasteiger partial charge >= 0.3 is 16.3 Å². The molecule has 4 nitrogen and oxygen atoms in total. The minimum atomic E-state index is -6.39. The fourth-order valence-corrected chi connectivity index (χ4v) is 0. The maximum atomic E-state index is 9.80. The van der Waals surface area contributed by atoms with Crippen molar-refractivity contribution in [2.75, 3.05) is 0 Å². The Hall–Kier alpha value is 0.260. The molecule has 0 spiro atoms. The largest absolute Gasteiger partial charge is 0.755 e. The molecule has 0 saturated carbocycles. The predicted octanol–water partition coefficient (Wildman–Crippen LogP) is 1.61. The molecule has 0 bridgehead atoms. The van der Waals surface area contributed by atoms with Crippen molar-refractivity contribution in [3.8, 4) is 0 Å². The smallest absolute Gasteiger partial charge is 0.303 e. The summed E-state index contributed by atoms with van der Waals surface area (Å²) in [5.41, 5.74) is 0. The molecule has 0 rings (SSSR count). The lowest BCUT2D eigenvalue weighted by Crippen LogP contribution is -1.66. The average Bonchev–Trinajstić information content (AvgIpc) is 1.12. The van der Waals surface area contributed by atoms with Gasteiger partial charge in [0, 0.05) is 0 Å². The van der Waals surface area contributed by atoms with E-state index >= 15 is 0 Å². The summed E-state index contributed by atoms with van der Waals surface area (Å²) < 4.78 is 48.1. The Labute approximate surface area is 53.5 Å². The molecule has 0 aromatic heterocycles. The van der Waals surface area contributed by atoms with Gasteiger partial charge in [-0.2, -0.15) is 0 Å². The molecule has 0 aromatic rings. The van der Waals surface area contributed by atoms with E-state index in [0.717, 1.165) is 0 Å². The summed E-state index contributed by atoms with van der Waals surface area (Å²) in [6, 6.07) is 0. The number of hydrogen-bond acceptors (Lipinski definition) is 1. The van der Waals surface area contributed by atoms with Crippen LogP contribution >= 0.6 is 16.3 Å². The molecular weight excluding hydrogens is 202 g/mol. The highest BCUT2D eigenvalue weighted by Gasteiger charge is 2.44. The van der Waals surface area contributed by atoms with Gasteiger partial charge in [0.1, 0.15) is 0 Å². The summed E-state index contributed by atoms with van der Waals surface area (Å²) in [5, 5.41) is 0. The van der Waals surface area contributed by atoms with Crippen LogP contribution in [0.4, 0.5) is 16.8 Å². The van der Waals surface area contributed by atoms with Crippen LogP contribution in [0.3, 0.4) is 0 Å². The summed E-state index contributed by atoms with van der Waals surface area (Å²) in [6.45, 7) is 0. The molecule has 0 amide bonds. The van der Waals surface area contributed by atoms with Crippen LogP contribution in [-0.2, 0) is 4.57 Å². The fraction of sp³-hybridized carbons (Fsp3) is 0. The van der Waals surface area contributed by atoms with Crippen molar-refractivity contribution in [2.24, 2.45) is 0 Å². The highest BCUT2D eigenvalue weighted by Crippen LogP contribution is 2.65. The highest BCUT2D eigenvalue weighted by atomic mass is 31.3. The molecule has 10 heteroatoms. The fourth-order valence-electron chi connectivity index (χ4n) is 0. The van der Waals surface area contributed by atoms with Crippen molar-refractivity contribution in [3.05, 3.63) is 0 Å². The van der Waals surface area contributed by atoms with E-state index in [1.165, 1.54) is 0 Å². The van der Waals surface area contributed by atoms with Gasteiger partial charge in [0.2, 0.25) is 0 Å². The first-order chi connectivity index (χ1) is 4.00. The summed E-state index contributed by atoms with van der Waals surface area (Å²) in [5.74, 6) is 0. The van der Waals surface area contributed by atoms with Crippen LogP contribution < -0.4 is 0 Å². The van der Waals surface area contributed by atoms with Crippen LogP contribution in [0.15, 0.2) is 0 Å². The molecule has 0 aromatic carbocycles. The minimum Gasteiger partial charge on any atom is -0.303 e. The first-order valence-corrected chi connectivity index (χ1v) is 4.38. The van der Waals surface area contributed by atoms with Crippen LogP contribution in [0.5, 0.6) is 0 Å². The molecule has 0 heterocycles. The number of halogens is 4. The lowest BCUT2D eigenvalue weighted by Gasteiger charge is -1.82. The van der Waals surface area contributed by atoms with Crippen molar-refractivity contribution in [3.63, 3.8) is 0 Å². The summed E-state index contributed by atoms with van der Waals surface area (Å²) in [7, 11) is -11.0. The van der Waals surface area contributed by atoms with Crippen LogP contribution in [-0.4, -0.2) is 14.7 Å². The van der Waals surface area contributed by atoms with E-state index in [1.54, 1.807) is 0 Å². The standard InChI is InChI=1S/F4P.H3O4P/c2*1-5(2,3)4/h;(H3,1,2,3,4)/q+1;. The maximum absolute atomic E-state index is 9.80. The number of rotatable bonds is 0. The quantitative estimate of drug-likeness (QED) is 0.414. The lowest BCUT2D eigenvalue weighted by atomic mass is 15.8. The zero-order valence-electron chi connectivity index (χ0n) is 4.16. The molecule has 64 valence electrons. The first-order valence-electron chi connectivity index (χ1n) is 1.46. The summed E-state index contributed by atoms with van der Waals surface area (Å²) >= 11 is 0. The zero-order valence-corrected chi connectivity index (χ0v) is 5.95. The van der Waals surface area contributed by atoms with Gasteiger partial charge in [-0.15, -0.1) is 0 Å². The molecular formula is H3F4O4P2+. The van der Waals surface area contributed by atoms with E-state index in [4.69, 9.17) is 19.2 Å². The Balaban J connectivity index is 0. The second-order valence-electron chi connectivity index (χ2n) is 0.897. The Bertz CT molecular complexity index is 107. The van der Waals surface area contributed by atoms with Crippen molar-refractivity contribution in [1.29, 1.82) is 0 Å². The number of hydrogen-bond donors (Lipinski definition) is 3. The van der Waals surface area contributed by atoms with Crippen LogP contribution in [0.25, 0.3) is 0 Å². The first kappa shape index (κ1) is 12.9. The van der Waals surface area contributed by atoms with E-state index in [9.17, 15) is 16.8 Å². The van der Waals surface area contributed by atoms with Crippen LogP contribution in [0, 0.1) is 0 Å². The summed E-state index contributed by atoms with van der Waals surface area (Å²) in [4.78, 5) is 21.6. The second-order valence-corrected chi connectivity index (χ2v) is 2.69. The Kier molecular flexibility index (Phi) is 5.42. The van der Waals surface area contributed by atoms with Crippen molar-refractivity contribution < 1.29 is 36.0 Å². The van der Waals surface area contributed by atoms with Crippen molar-refractivity contribution in [2.45, 2.75) is 0 Å². The van der Waals surface area contributed by atoms with Gasteiger partial charge in [-0.25, -0.2) is 4.57 Å². The molecule has 0 aliphatic heterocycles. The van der Waals surface area contributed by atoms with E-state index in [2.05, 4.69) is 0 Å². The van der Waals surface area contributed by atoms with Crippen molar-refractivity contribution >= 4 is 16.3 Å². The van der Waals surface area contributed by atoms with E-state index in [-0.39, 0.29) is 0 Å². The molecule has 10 heavy (non-hydrogen) atoms. The van der Waals surface area contributed by atoms with Gasteiger partial charge < -0.3 is 14.7 Å². The number of phosphoric acid groups is 1. The van der Waals surface area contributed by atoms with E-state index < -0.39 is 16.3 Å². The maximum Gasteiger partial charge on any atom is 0.755 e. The van der Waals surface area contributed by atoms with Gasteiger partial charge in [0.05, 0.1) is 16.8 Å². The van der Waals surface area contributed by atoms with Crippen LogP contribution in [0.2, 0.25) is 0 Å². The van der Waals surface area contributed by atoms with Crippen LogP contribution in [0.1, 0.15) is 0 Å². The third-order valence-electron chi connectivity index (χ3n) is 0. The molecule has 3 N–H and O–H groups in total. The van der Waals surface area contributed by atoms with Crippen molar-refractivity contribution in [1.82, 2.24) is 0 Å². The minimum absolute atomic E-state index is 4.64. The molecule has 0 fully saturated rings. The van der Waals surface area contributed by atoms with Gasteiger partial charge in [-0.3, -0.25) is 0 Å². The van der Waals surface area contributed by atoms with Gasteiger partial charge in [0.15, 0.2) is 0 Å². The molecule has 0 atom stereocenters. The Morgan fingerprint density at radius 2 is 1.00 bits per heavy atom. The van der Waals surface area contributed by atoms with E-state index in [1.807, 2.05) is 0 Å². The van der Waals surface area contributed by atoms with Gasteiger partial charge in [-0.05, 0) is 0 Å². The molecule has 0 saturated heterocycles. The molecule has 0 radical (unpaired) electrons. The predicted molar refractivity (Wildman–Crippen MR) is 25.6 cm³/mol. The third kappa shape index (κ3) is 6440. The lowest BCUT2D eigenvalue weighted by molar-refractivity contribution is 0.275. The monoisotopic (exact) mass is 205 g/mol. The van der Waals surface area contributed by atoms with E-state index in [0.29, 0.717) is 0 Å². The SMILES string of the molecule is F[P+](F)(F)F.O=P(O)(O)O. The second kappa shape index (κ2) is 4.20.